The highest BCUT2D eigenvalue weighted by molar-refractivity contribution is 4.90. The molecule has 1 rings (SSSR count). The molecule has 0 saturated heterocycles. The maximum Gasteiger partial charge on any atom is 0.261 e. The van der Waals surface area contributed by atoms with E-state index >= 15 is 0 Å². The van der Waals surface area contributed by atoms with Gasteiger partial charge in [0.1, 0.15) is 6.61 Å². The topological polar surface area (TPSA) is 21.3 Å². The third kappa shape index (κ3) is 5.61. The maximum atomic E-state index is 12.4. The summed E-state index contributed by atoms with van der Waals surface area (Å²) in [6.07, 6.45) is 1.51. The van der Waals surface area contributed by atoms with Gasteiger partial charge in [0.05, 0.1) is 5.60 Å². The molecule has 0 radical (unpaired) electrons. The van der Waals surface area contributed by atoms with Crippen molar-refractivity contribution in [3.8, 4) is 0 Å². The molecule has 0 amide bonds. The summed E-state index contributed by atoms with van der Waals surface area (Å²) in [6.45, 7) is 8.68. The molecular formula is C14H27F2NO. The Labute approximate surface area is 109 Å². The molecular weight excluding hydrogens is 236 g/mol. The van der Waals surface area contributed by atoms with E-state index in [1.807, 2.05) is 0 Å². The van der Waals surface area contributed by atoms with E-state index in [2.05, 4.69) is 33.0 Å². The van der Waals surface area contributed by atoms with Gasteiger partial charge in [-0.2, -0.15) is 0 Å². The Morgan fingerprint density at radius 3 is 2.28 bits per heavy atom. The number of ether oxygens (including phenoxy) is 1. The molecule has 1 N–H and O–H groups in total. The quantitative estimate of drug-likeness (QED) is 0.818. The van der Waals surface area contributed by atoms with Gasteiger partial charge >= 0.3 is 0 Å². The highest BCUT2D eigenvalue weighted by Crippen LogP contribution is 2.35. The molecule has 1 aliphatic rings. The highest BCUT2D eigenvalue weighted by atomic mass is 19.3. The third-order valence-corrected chi connectivity index (χ3v) is 3.64. The lowest BCUT2D eigenvalue weighted by atomic mass is 9.79. The molecule has 108 valence electrons. The van der Waals surface area contributed by atoms with Gasteiger partial charge in [0.15, 0.2) is 0 Å². The number of hydrogen-bond donors (Lipinski definition) is 1. The normalized spacial score (nSPS) is 29.8. The molecule has 0 atom stereocenters. The van der Waals surface area contributed by atoms with Crippen LogP contribution in [0.2, 0.25) is 0 Å². The van der Waals surface area contributed by atoms with Crippen LogP contribution in [0, 0.1) is 5.92 Å². The maximum absolute atomic E-state index is 12.4. The number of alkyl halides is 2. The number of hydrogen-bond acceptors (Lipinski definition) is 2. The van der Waals surface area contributed by atoms with E-state index in [1.54, 1.807) is 0 Å². The van der Waals surface area contributed by atoms with Crippen molar-refractivity contribution in [2.24, 2.45) is 5.92 Å². The third-order valence-electron chi connectivity index (χ3n) is 3.64. The summed E-state index contributed by atoms with van der Waals surface area (Å²) in [6, 6.07) is 0. The Bertz CT molecular complexity index is 243. The first-order valence-electron chi connectivity index (χ1n) is 6.90. The van der Waals surface area contributed by atoms with E-state index in [4.69, 9.17) is 4.74 Å². The van der Waals surface area contributed by atoms with Crippen LogP contribution < -0.4 is 5.32 Å². The van der Waals surface area contributed by atoms with Gasteiger partial charge in [0.2, 0.25) is 0 Å². The zero-order chi connectivity index (χ0) is 13.8. The minimum absolute atomic E-state index is 0.00967. The largest absolute Gasteiger partial charge is 0.368 e. The van der Waals surface area contributed by atoms with Gasteiger partial charge in [-0.25, -0.2) is 8.78 Å². The average Bonchev–Trinajstić information content (AvgIpc) is 2.26. The van der Waals surface area contributed by atoms with Gasteiger partial charge < -0.3 is 10.1 Å². The smallest absolute Gasteiger partial charge is 0.261 e. The molecule has 2 nitrogen and oxygen atoms in total. The molecule has 0 unspecified atom stereocenters. The van der Waals surface area contributed by atoms with Gasteiger partial charge in [0, 0.05) is 12.1 Å². The molecule has 0 heterocycles. The minimum atomic E-state index is -2.38. The molecule has 18 heavy (non-hydrogen) atoms. The summed E-state index contributed by atoms with van der Waals surface area (Å²) in [5, 5.41) is 3.40. The monoisotopic (exact) mass is 263 g/mol. The van der Waals surface area contributed by atoms with Gasteiger partial charge in [-0.05, 0) is 52.4 Å². The van der Waals surface area contributed by atoms with Crippen molar-refractivity contribution < 1.29 is 13.5 Å². The second kappa shape index (κ2) is 6.29. The SMILES string of the molecule is CC1CCC(CNC(C)(C)C)(OCC(F)F)CC1. The Hall–Kier alpha value is -0.220. The van der Waals surface area contributed by atoms with E-state index in [-0.39, 0.29) is 5.54 Å². The van der Waals surface area contributed by atoms with Crippen molar-refractivity contribution in [2.75, 3.05) is 13.2 Å². The van der Waals surface area contributed by atoms with Gasteiger partial charge in [-0.15, -0.1) is 0 Å². The minimum Gasteiger partial charge on any atom is -0.368 e. The Balaban J connectivity index is 2.56. The van der Waals surface area contributed by atoms with E-state index in [0.29, 0.717) is 12.5 Å². The lowest BCUT2D eigenvalue weighted by molar-refractivity contribution is -0.111. The molecule has 1 aliphatic carbocycles. The fraction of sp³-hybridized carbons (Fsp3) is 1.00. The van der Waals surface area contributed by atoms with Crippen LogP contribution >= 0.6 is 0 Å². The molecule has 0 aromatic rings. The van der Waals surface area contributed by atoms with E-state index in [0.717, 1.165) is 25.7 Å². The van der Waals surface area contributed by atoms with Gasteiger partial charge in [-0.3, -0.25) is 0 Å². The van der Waals surface area contributed by atoms with Crippen LogP contribution in [0.15, 0.2) is 0 Å². The zero-order valence-corrected chi connectivity index (χ0v) is 12.1. The molecule has 1 saturated carbocycles. The van der Waals surface area contributed by atoms with Crippen LogP contribution in [0.5, 0.6) is 0 Å². The Morgan fingerprint density at radius 2 is 1.83 bits per heavy atom. The van der Waals surface area contributed by atoms with E-state index < -0.39 is 18.6 Å². The van der Waals surface area contributed by atoms with Crippen molar-refractivity contribution in [2.45, 2.75) is 70.9 Å². The molecule has 0 bridgehead atoms. The zero-order valence-electron chi connectivity index (χ0n) is 12.1. The number of nitrogens with one attached hydrogen (secondary N) is 1. The lowest BCUT2D eigenvalue weighted by Crippen LogP contribution is -2.51. The first-order valence-corrected chi connectivity index (χ1v) is 6.90. The lowest BCUT2D eigenvalue weighted by Gasteiger charge is -2.41. The Morgan fingerprint density at radius 1 is 1.28 bits per heavy atom. The molecule has 0 aromatic heterocycles. The molecule has 4 heteroatoms. The summed E-state index contributed by atoms with van der Waals surface area (Å²) in [7, 11) is 0. The first-order chi connectivity index (χ1) is 8.22. The second-order valence-electron chi connectivity index (χ2n) is 6.67. The summed E-state index contributed by atoms with van der Waals surface area (Å²) in [5.41, 5.74) is -0.402. The fourth-order valence-electron chi connectivity index (χ4n) is 2.33. The molecule has 1 fully saturated rings. The van der Waals surface area contributed by atoms with Crippen molar-refractivity contribution in [1.29, 1.82) is 0 Å². The van der Waals surface area contributed by atoms with Crippen molar-refractivity contribution in [3.63, 3.8) is 0 Å². The number of rotatable bonds is 5. The van der Waals surface area contributed by atoms with Crippen LogP contribution in [0.4, 0.5) is 8.78 Å². The predicted molar refractivity (Wildman–Crippen MR) is 70.1 cm³/mol. The van der Waals surface area contributed by atoms with Gasteiger partial charge in [0.25, 0.3) is 6.43 Å². The second-order valence-corrected chi connectivity index (χ2v) is 6.67. The van der Waals surface area contributed by atoms with Crippen molar-refractivity contribution in [1.82, 2.24) is 5.32 Å². The van der Waals surface area contributed by atoms with Gasteiger partial charge in [-0.1, -0.05) is 6.92 Å². The van der Waals surface area contributed by atoms with Crippen LogP contribution in [0.25, 0.3) is 0 Å². The average molecular weight is 263 g/mol. The molecule has 0 aromatic carbocycles. The Kier molecular flexibility index (Phi) is 5.53. The summed E-state index contributed by atoms with van der Waals surface area (Å²) in [5.74, 6) is 0.683. The van der Waals surface area contributed by atoms with E-state index in [9.17, 15) is 8.78 Å². The molecule has 0 aliphatic heterocycles. The van der Waals surface area contributed by atoms with Crippen LogP contribution in [0.3, 0.4) is 0 Å². The van der Waals surface area contributed by atoms with Crippen molar-refractivity contribution in [3.05, 3.63) is 0 Å². The standard InChI is InChI=1S/C14H27F2NO/c1-11-5-7-14(8-6-11,18-9-12(15)16)10-17-13(2,3)4/h11-12,17H,5-10H2,1-4H3. The van der Waals surface area contributed by atoms with Crippen LogP contribution in [-0.2, 0) is 4.74 Å². The molecule has 0 spiro atoms. The summed E-state index contributed by atoms with van der Waals surface area (Å²) >= 11 is 0. The predicted octanol–water partition coefficient (Wildman–Crippen LogP) is 3.61. The summed E-state index contributed by atoms with van der Waals surface area (Å²) < 4.78 is 30.3. The fourth-order valence-corrected chi connectivity index (χ4v) is 2.33. The highest BCUT2D eigenvalue weighted by Gasteiger charge is 2.36. The van der Waals surface area contributed by atoms with E-state index in [1.165, 1.54) is 0 Å². The van der Waals surface area contributed by atoms with Crippen molar-refractivity contribution >= 4 is 0 Å². The summed E-state index contributed by atoms with van der Waals surface area (Å²) in [4.78, 5) is 0. The number of halogens is 2. The van der Waals surface area contributed by atoms with Crippen LogP contribution in [-0.4, -0.2) is 30.7 Å². The first kappa shape index (κ1) is 15.8. The van der Waals surface area contributed by atoms with Crippen LogP contribution in [0.1, 0.15) is 53.4 Å².